The number of aliphatic hydroxyl groups is 2. The summed E-state index contributed by atoms with van der Waals surface area (Å²) in [6, 6.07) is 9.73. The highest BCUT2D eigenvalue weighted by Crippen LogP contribution is 2.43. The van der Waals surface area contributed by atoms with Crippen LogP contribution in [0.1, 0.15) is 45.3 Å². The number of hydrogen-bond acceptors (Lipinski definition) is 2. The van der Waals surface area contributed by atoms with E-state index >= 15 is 0 Å². The van der Waals surface area contributed by atoms with Crippen LogP contribution in [0, 0.1) is 23.7 Å². The van der Waals surface area contributed by atoms with E-state index in [9.17, 15) is 10.2 Å². The lowest BCUT2D eigenvalue weighted by molar-refractivity contribution is -0.0822. The van der Waals surface area contributed by atoms with Gasteiger partial charge in [-0.2, -0.15) is 0 Å². The molecule has 2 unspecified atom stereocenters. The van der Waals surface area contributed by atoms with Gasteiger partial charge in [-0.25, -0.2) is 0 Å². The lowest BCUT2D eigenvalue weighted by Crippen LogP contribution is -2.43. The molecule has 2 nitrogen and oxygen atoms in total. The van der Waals surface area contributed by atoms with Crippen LogP contribution in [0.25, 0.3) is 0 Å². The van der Waals surface area contributed by atoms with Crippen molar-refractivity contribution in [2.24, 2.45) is 23.7 Å². The van der Waals surface area contributed by atoms with Gasteiger partial charge in [0.05, 0.1) is 12.2 Å². The number of rotatable bonds is 3. The van der Waals surface area contributed by atoms with E-state index < -0.39 is 12.2 Å². The molecule has 1 aromatic rings. The molecule has 0 aromatic heterocycles. The normalized spacial score (nSPS) is 33.4. The largest absolute Gasteiger partial charge is 0.392 e. The van der Waals surface area contributed by atoms with Crippen LogP contribution < -0.4 is 0 Å². The van der Waals surface area contributed by atoms with Crippen molar-refractivity contribution in [3.8, 4) is 0 Å². The fourth-order valence-electron chi connectivity index (χ4n) is 3.54. The number of aliphatic hydroxyl groups excluding tert-OH is 2. The Kier molecular flexibility index (Phi) is 4.64. The first-order valence-corrected chi connectivity index (χ1v) is 7.43. The zero-order chi connectivity index (χ0) is 14.0. The van der Waals surface area contributed by atoms with E-state index in [0.29, 0.717) is 17.8 Å². The highest BCUT2D eigenvalue weighted by Gasteiger charge is 2.41. The smallest absolute Gasteiger partial charge is 0.0845 e. The zero-order valence-corrected chi connectivity index (χ0v) is 12.2. The van der Waals surface area contributed by atoms with Gasteiger partial charge in [-0.15, -0.1) is 0 Å². The molecule has 2 N–H and O–H groups in total. The minimum Gasteiger partial charge on any atom is -0.392 e. The third-order valence-electron chi connectivity index (χ3n) is 4.81. The van der Waals surface area contributed by atoms with Crippen LogP contribution in [0.15, 0.2) is 30.3 Å². The zero-order valence-electron chi connectivity index (χ0n) is 12.2. The molecule has 2 rings (SSSR count). The maximum absolute atomic E-state index is 10.6. The molecule has 19 heavy (non-hydrogen) atoms. The van der Waals surface area contributed by atoms with Crippen molar-refractivity contribution in [2.45, 2.75) is 45.8 Å². The molecular formula is C17H26O2. The Morgan fingerprint density at radius 1 is 1.11 bits per heavy atom. The summed E-state index contributed by atoms with van der Waals surface area (Å²) in [7, 11) is 0. The van der Waals surface area contributed by atoms with Gasteiger partial charge in [0, 0.05) is 5.92 Å². The molecule has 0 heterocycles. The minimum absolute atomic E-state index is 0.0523. The lowest BCUT2D eigenvalue weighted by Gasteiger charge is -2.43. The van der Waals surface area contributed by atoms with Crippen molar-refractivity contribution in [1.29, 1.82) is 0 Å². The first-order valence-electron chi connectivity index (χ1n) is 7.43. The third-order valence-corrected chi connectivity index (χ3v) is 4.81. The molecule has 5 atom stereocenters. The van der Waals surface area contributed by atoms with E-state index in [4.69, 9.17) is 0 Å². The Morgan fingerprint density at radius 3 is 2.32 bits per heavy atom. The fraction of sp³-hybridized carbons (Fsp3) is 0.647. The topological polar surface area (TPSA) is 40.5 Å². The van der Waals surface area contributed by atoms with Crippen molar-refractivity contribution in [3.63, 3.8) is 0 Å². The summed E-state index contributed by atoms with van der Waals surface area (Å²) in [5.74, 6) is 1.08. The van der Waals surface area contributed by atoms with Crippen LogP contribution in [0.2, 0.25) is 0 Å². The Hall–Kier alpha value is -0.860. The van der Waals surface area contributed by atoms with Gasteiger partial charge in [-0.05, 0) is 36.2 Å². The Morgan fingerprint density at radius 2 is 1.74 bits per heavy atom. The molecule has 1 saturated carbocycles. The second-order valence-corrected chi connectivity index (χ2v) is 6.39. The summed E-state index contributed by atoms with van der Waals surface area (Å²) in [5.41, 5.74) is 0.919. The lowest BCUT2D eigenvalue weighted by atomic mass is 9.66. The molecule has 1 aliphatic rings. The second-order valence-electron chi connectivity index (χ2n) is 6.39. The van der Waals surface area contributed by atoms with Crippen LogP contribution >= 0.6 is 0 Å². The van der Waals surface area contributed by atoms with Crippen molar-refractivity contribution in [1.82, 2.24) is 0 Å². The maximum Gasteiger partial charge on any atom is 0.0845 e. The highest BCUT2D eigenvalue weighted by molar-refractivity contribution is 5.19. The number of hydrogen-bond donors (Lipinski definition) is 2. The summed E-state index contributed by atoms with van der Waals surface area (Å²) >= 11 is 0. The van der Waals surface area contributed by atoms with E-state index in [0.717, 1.165) is 18.4 Å². The van der Waals surface area contributed by atoms with E-state index in [1.54, 1.807) is 0 Å². The van der Waals surface area contributed by atoms with E-state index in [2.05, 4.69) is 20.8 Å². The first-order chi connectivity index (χ1) is 9.02. The van der Waals surface area contributed by atoms with Gasteiger partial charge in [0.25, 0.3) is 0 Å². The quantitative estimate of drug-likeness (QED) is 0.876. The summed E-state index contributed by atoms with van der Waals surface area (Å²) in [4.78, 5) is 0. The average Bonchev–Trinajstić information content (AvgIpc) is 2.39. The highest BCUT2D eigenvalue weighted by atomic mass is 16.3. The van der Waals surface area contributed by atoms with Gasteiger partial charge < -0.3 is 10.2 Å². The van der Waals surface area contributed by atoms with Crippen molar-refractivity contribution >= 4 is 0 Å². The summed E-state index contributed by atoms with van der Waals surface area (Å²) < 4.78 is 0. The maximum atomic E-state index is 10.6. The van der Waals surface area contributed by atoms with Crippen molar-refractivity contribution in [3.05, 3.63) is 35.9 Å². The molecule has 1 fully saturated rings. The summed E-state index contributed by atoms with van der Waals surface area (Å²) in [5, 5.41) is 21.3. The predicted octanol–water partition coefficient (Wildman–Crippen LogP) is 3.40. The molecule has 0 aliphatic heterocycles. The first kappa shape index (κ1) is 14.5. The minimum atomic E-state index is -0.562. The molecule has 106 valence electrons. The standard InChI is InChI=1S/C17H26O2/c1-11(2)14-10-9-12(3)15(17(14)19)16(18)13-7-5-4-6-8-13/h4-8,11-12,14-19H,9-10H2,1-3H3/t12-,14-,15+,16?,17?/m1/s1. The van der Waals surface area contributed by atoms with Gasteiger partial charge in [-0.3, -0.25) is 0 Å². The summed E-state index contributed by atoms with van der Waals surface area (Å²) in [6.07, 6.45) is 1.19. The Bertz CT molecular complexity index is 388. The van der Waals surface area contributed by atoms with E-state index in [-0.39, 0.29) is 5.92 Å². The van der Waals surface area contributed by atoms with E-state index in [1.165, 1.54) is 0 Å². The molecule has 0 spiro atoms. The fourth-order valence-corrected chi connectivity index (χ4v) is 3.54. The molecule has 0 amide bonds. The van der Waals surface area contributed by atoms with Crippen molar-refractivity contribution in [2.75, 3.05) is 0 Å². The predicted molar refractivity (Wildman–Crippen MR) is 77.6 cm³/mol. The monoisotopic (exact) mass is 262 g/mol. The molecule has 1 aromatic carbocycles. The van der Waals surface area contributed by atoms with Crippen LogP contribution in [-0.4, -0.2) is 16.3 Å². The van der Waals surface area contributed by atoms with Crippen LogP contribution in [0.5, 0.6) is 0 Å². The molecule has 0 radical (unpaired) electrons. The summed E-state index contributed by atoms with van der Waals surface area (Å²) in [6.45, 7) is 6.47. The second kappa shape index (κ2) is 6.06. The SMILES string of the molecule is CC(C)[C@H]1CC[C@@H](C)[C@@H](C(O)c2ccccc2)C1O. The molecule has 0 bridgehead atoms. The molecular weight excluding hydrogens is 236 g/mol. The molecule has 1 aliphatic carbocycles. The van der Waals surface area contributed by atoms with Gasteiger partial charge >= 0.3 is 0 Å². The Labute approximate surface area is 116 Å². The number of benzene rings is 1. The molecule has 2 heteroatoms. The van der Waals surface area contributed by atoms with E-state index in [1.807, 2.05) is 30.3 Å². The van der Waals surface area contributed by atoms with Gasteiger partial charge in [0.2, 0.25) is 0 Å². The van der Waals surface area contributed by atoms with Crippen molar-refractivity contribution < 1.29 is 10.2 Å². The van der Waals surface area contributed by atoms with Crippen LogP contribution in [-0.2, 0) is 0 Å². The third kappa shape index (κ3) is 3.01. The van der Waals surface area contributed by atoms with Gasteiger partial charge in [0.1, 0.15) is 0 Å². The van der Waals surface area contributed by atoms with Gasteiger partial charge in [0.15, 0.2) is 0 Å². The molecule has 0 saturated heterocycles. The van der Waals surface area contributed by atoms with Gasteiger partial charge in [-0.1, -0.05) is 51.1 Å². The average molecular weight is 262 g/mol. The van der Waals surface area contributed by atoms with Crippen LogP contribution in [0.3, 0.4) is 0 Å². The van der Waals surface area contributed by atoms with Crippen LogP contribution in [0.4, 0.5) is 0 Å². The Balaban J connectivity index is 2.20.